The lowest BCUT2D eigenvalue weighted by molar-refractivity contribution is -0.131. The number of benzene rings is 1. The molecule has 4 rings (SSSR count). The number of aryl methyl sites for hydroxylation is 2. The summed E-state index contributed by atoms with van der Waals surface area (Å²) in [4.78, 5) is 18.9. The van der Waals surface area contributed by atoms with E-state index in [1.165, 1.54) is 12.1 Å². The molecular formula is C22H23FN6O. The van der Waals surface area contributed by atoms with Crippen molar-refractivity contribution in [1.82, 2.24) is 29.4 Å². The van der Waals surface area contributed by atoms with E-state index in [1.54, 1.807) is 35.0 Å². The number of aromatic nitrogens is 5. The van der Waals surface area contributed by atoms with E-state index in [-0.39, 0.29) is 18.3 Å². The summed E-state index contributed by atoms with van der Waals surface area (Å²) in [6, 6.07) is 10.1. The number of carbonyl (C=O) groups is 1. The van der Waals surface area contributed by atoms with Gasteiger partial charge in [0.1, 0.15) is 12.4 Å². The summed E-state index contributed by atoms with van der Waals surface area (Å²) in [6.07, 6.45) is 3.59. The Bertz CT molecular complexity index is 1190. The minimum atomic E-state index is -0.283. The van der Waals surface area contributed by atoms with Crippen molar-refractivity contribution in [3.63, 3.8) is 0 Å². The van der Waals surface area contributed by atoms with Gasteiger partial charge in [-0.3, -0.25) is 9.48 Å². The third-order valence-corrected chi connectivity index (χ3v) is 5.09. The van der Waals surface area contributed by atoms with Gasteiger partial charge in [-0.2, -0.15) is 10.2 Å². The first-order chi connectivity index (χ1) is 14.5. The molecule has 0 unspecified atom stereocenters. The number of amides is 1. The van der Waals surface area contributed by atoms with Gasteiger partial charge in [0.15, 0.2) is 5.65 Å². The number of pyridine rings is 1. The molecule has 30 heavy (non-hydrogen) atoms. The van der Waals surface area contributed by atoms with Crippen molar-refractivity contribution in [3.8, 4) is 11.1 Å². The van der Waals surface area contributed by atoms with Crippen molar-refractivity contribution in [2.75, 3.05) is 7.05 Å². The predicted molar refractivity (Wildman–Crippen MR) is 112 cm³/mol. The Morgan fingerprint density at radius 3 is 2.60 bits per heavy atom. The third kappa shape index (κ3) is 3.80. The van der Waals surface area contributed by atoms with Crippen LogP contribution >= 0.6 is 0 Å². The number of halogens is 1. The summed E-state index contributed by atoms with van der Waals surface area (Å²) in [5.74, 6) is -0.367. The molecule has 154 valence electrons. The highest BCUT2D eigenvalue weighted by Crippen LogP contribution is 2.29. The molecule has 0 aliphatic heterocycles. The Hall–Kier alpha value is -3.55. The number of carbonyl (C=O) groups excluding carboxylic acids is 1. The van der Waals surface area contributed by atoms with Gasteiger partial charge in [0.2, 0.25) is 5.91 Å². The highest BCUT2D eigenvalue weighted by molar-refractivity contribution is 5.95. The highest BCUT2D eigenvalue weighted by atomic mass is 19.1. The Kier molecular flexibility index (Phi) is 5.31. The largest absolute Gasteiger partial charge is 0.338 e. The third-order valence-electron chi connectivity index (χ3n) is 5.09. The molecule has 0 saturated carbocycles. The molecular weight excluding hydrogens is 383 g/mol. The van der Waals surface area contributed by atoms with Crippen molar-refractivity contribution in [2.24, 2.45) is 0 Å². The zero-order valence-corrected chi connectivity index (χ0v) is 17.2. The lowest BCUT2D eigenvalue weighted by Gasteiger charge is -2.16. The lowest BCUT2D eigenvalue weighted by Crippen LogP contribution is -2.30. The van der Waals surface area contributed by atoms with Crippen molar-refractivity contribution in [1.29, 1.82) is 0 Å². The standard InChI is InChI=1S/C22H23FN6O/c1-4-28-12-10-18(26-28)13-27(3)20(30)14-29-22-21(15(2)25-29)19(9-11-24-22)16-5-7-17(23)8-6-16/h5-12H,4,13-14H2,1-3H3. The van der Waals surface area contributed by atoms with Crippen LogP contribution in [0.2, 0.25) is 0 Å². The fourth-order valence-corrected chi connectivity index (χ4v) is 3.51. The summed E-state index contributed by atoms with van der Waals surface area (Å²) in [5, 5.41) is 9.84. The molecule has 7 nitrogen and oxygen atoms in total. The Labute approximate surface area is 173 Å². The predicted octanol–water partition coefficient (Wildman–Crippen LogP) is 3.42. The zero-order chi connectivity index (χ0) is 21.3. The second-order valence-electron chi connectivity index (χ2n) is 7.22. The summed E-state index contributed by atoms with van der Waals surface area (Å²) in [7, 11) is 1.75. The number of hydrogen-bond acceptors (Lipinski definition) is 4. The first-order valence-corrected chi connectivity index (χ1v) is 9.80. The van der Waals surface area contributed by atoms with Crippen molar-refractivity contribution >= 4 is 16.9 Å². The molecule has 0 spiro atoms. The maximum Gasteiger partial charge on any atom is 0.244 e. The van der Waals surface area contributed by atoms with Gasteiger partial charge in [0.05, 0.1) is 17.9 Å². The molecule has 0 fully saturated rings. The molecule has 0 aliphatic rings. The monoisotopic (exact) mass is 406 g/mol. The van der Waals surface area contributed by atoms with Crippen LogP contribution in [0.3, 0.4) is 0 Å². The smallest absolute Gasteiger partial charge is 0.244 e. The van der Waals surface area contributed by atoms with E-state index in [0.717, 1.165) is 34.4 Å². The van der Waals surface area contributed by atoms with E-state index in [0.29, 0.717) is 12.2 Å². The van der Waals surface area contributed by atoms with Crippen LogP contribution < -0.4 is 0 Å². The highest BCUT2D eigenvalue weighted by Gasteiger charge is 2.18. The summed E-state index contributed by atoms with van der Waals surface area (Å²) in [5.41, 5.74) is 4.03. The second-order valence-corrected chi connectivity index (χ2v) is 7.22. The number of likely N-dealkylation sites (N-methyl/N-ethyl adjacent to an activating group) is 1. The van der Waals surface area contributed by atoms with E-state index in [9.17, 15) is 9.18 Å². The Morgan fingerprint density at radius 2 is 1.90 bits per heavy atom. The van der Waals surface area contributed by atoms with E-state index in [2.05, 4.69) is 15.2 Å². The minimum Gasteiger partial charge on any atom is -0.338 e. The molecule has 0 radical (unpaired) electrons. The molecule has 0 aliphatic carbocycles. The van der Waals surface area contributed by atoms with Crippen molar-refractivity contribution < 1.29 is 9.18 Å². The van der Waals surface area contributed by atoms with Crippen LogP contribution in [0, 0.1) is 12.7 Å². The lowest BCUT2D eigenvalue weighted by atomic mass is 10.0. The molecule has 1 aromatic carbocycles. The molecule has 0 N–H and O–H groups in total. The van der Waals surface area contributed by atoms with Gasteiger partial charge in [-0.25, -0.2) is 14.1 Å². The van der Waals surface area contributed by atoms with Crippen molar-refractivity contribution in [3.05, 3.63) is 66.0 Å². The maximum absolute atomic E-state index is 13.3. The minimum absolute atomic E-state index is 0.0786. The van der Waals surface area contributed by atoms with Gasteiger partial charge >= 0.3 is 0 Å². The average molecular weight is 406 g/mol. The number of rotatable bonds is 6. The van der Waals surface area contributed by atoms with Crippen LogP contribution in [0.5, 0.6) is 0 Å². The first kappa shape index (κ1) is 19.8. The molecule has 8 heteroatoms. The van der Waals surface area contributed by atoms with Crippen LogP contribution in [0.15, 0.2) is 48.8 Å². The van der Waals surface area contributed by atoms with Gasteiger partial charge in [-0.15, -0.1) is 0 Å². The average Bonchev–Trinajstić information content (AvgIpc) is 3.33. The van der Waals surface area contributed by atoms with Gasteiger partial charge in [-0.1, -0.05) is 12.1 Å². The van der Waals surface area contributed by atoms with Crippen LogP contribution in [0.25, 0.3) is 22.2 Å². The quantitative estimate of drug-likeness (QED) is 0.492. The SMILES string of the molecule is CCn1ccc(CN(C)C(=O)Cn2nc(C)c3c(-c4ccc(F)cc4)ccnc32)n1. The molecule has 0 saturated heterocycles. The van der Waals surface area contributed by atoms with Gasteiger partial charge < -0.3 is 4.90 Å². The summed E-state index contributed by atoms with van der Waals surface area (Å²) < 4.78 is 16.8. The Balaban J connectivity index is 1.59. The van der Waals surface area contributed by atoms with E-state index < -0.39 is 0 Å². The first-order valence-electron chi connectivity index (χ1n) is 9.80. The maximum atomic E-state index is 13.3. The molecule has 3 aromatic heterocycles. The number of hydrogen-bond donors (Lipinski definition) is 0. The van der Waals surface area contributed by atoms with Crippen LogP contribution in [0.1, 0.15) is 18.3 Å². The van der Waals surface area contributed by atoms with Crippen LogP contribution in [-0.2, 0) is 24.4 Å². The summed E-state index contributed by atoms with van der Waals surface area (Å²) in [6.45, 7) is 5.20. The van der Waals surface area contributed by atoms with E-state index in [4.69, 9.17) is 0 Å². The van der Waals surface area contributed by atoms with Crippen LogP contribution in [-0.4, -0.2) is 42.4 Å². The second kappa shape index (κ2) is 8.06. The van der Waals surface area contributed by atoms with Gasteiger partial charge in [-0.05, 0) is 49.2 Å². The van der Waals surface area contributed by atoms with Crippen LogP contribution in [0.4, 0.5) is 4.39 Å². The topological polar surface area (TPSA) is 68.8 Å². The van der Waals surface area contributed by atoms with Gasteiger partial charge in [0, 0.05) is 31.4 Å². The molecule has 0 bridgehead atoms. The molecule has 4 aromatic rings. The number of fused-ring (bicyclic) bond motifs is 1. The Morgan fingerprint density at radius 1 is 1.13 bits per heavy atom. The number of nitrogens with zero attached hydrogens (tertiary/aromatic N) is 6. The molecule has 3 heterocycles. The summed E-state index contributed by atoms with van der Waals surface area (Å²) >= 11 is 0. The van der Waals surface area contributed by atoms with Crippen molar-refractivity contribution in [2.45, 2.75) is 33.5 Å². The van der Waals surface area contributed by atoms with Gasteiger partial charge in [0.25, 0.3) is 0 Å². The fourth-order valence-electron chi connectivity index (χ4n) is 3.51. The fraction of sp³-hybridized carbons (Fsp3) is 0.273. The molecule has 0 atom stereocenters. The van der Waals surface area contributed by atoms with E-state index in [1.807, 2.05) is 36.9 Å². The molecule has 1 amide bonds. The van der Waals surface area contributed by atoms with E-state index >= 15 is 0 Å². The normalized spacial score (nSPS) is 11.2. The zero-order valence-electron chi connectivity index (χ0n) is 17.2.